The van der Waals surface area contributed by atoms with E-state index in [9.17, 15) is 40.5 Å². The van der Waals surface area contributed by atoms with Crippen LogP contribution in [0.4, 0.5) is 0 Å². The van der Waals surface area contributed by atoms with E-state index >= 15 is 0 Å². The van der Waals surface area contributed by atoms with Crippen molar-refractivity contribution in [3.05, 3.63) is 40.2 Å². The summed E-state index contributed by atoms with van der Waals surface area (Å²) >= 11 is 0. The zero-order valence-corrected chi connectivity index (χ0v) is 21.8. The Kier molecular flexibility index (Phi) is 8.22. The molecule has 7 N–H and O–H groups in total. The molecule has 0 spiro atoms. The Hall–Kier alpha value is -2.21. The Morgan fingerprint density at radius 2 is 1.52 bits per heavy atom. The molecule has 11 atom stereocenters. The van der Waals surface area contributed by atoms with Gasteiger partial charge in [-0.15, -0.1) is 0 Å². The second-order valence-electron chi connectivity index (χ2n) is 10.8. The van der Waals surface area contributed by atoms with Crippen LogP contribution in [-0.2, 0) is 25.4 Å². The van der Waals surface area contributed by atoms with Crippen molar-refractivity contribution in [1.82, 2.24) is 0 Å². The van der Waals surface area contributed by atoms with Crippen molar-refractivity contribution in [2.24, 2.45) is 0 Å². The Bertz CT molecular complexity index is 1250. The first-order chi connectivity index (χ1) is 18.9. The molecule has 2 aromatic rings. The lowest BCUT2D eigenvalue weighted by Gasteiger charge is -2.45. The third-order valence-electron chi connectivity index (χ3n) is 7.61. The first-order valence-electron chi connectivity index (χ1n) is 12.9. The highest BCUT2D eigenvalue weighted by atomic mass is 16.7. The molecule has 0 unspecified atom stereocenters. The maximum atomic E-state index is 11.6. The summed E-state index contributed by atoms with van der Waals surface area (Å²) in [4.78, 5) is 11.6. The summed E-state index contributed by atoms with van der Waals surface area (Å²) < 4.78 is 33.9. The van der Waals surface area contributed by atoms with Gasteiger partial charge >= 0.3 is 5.63 Å². The van der Waals surface area contributed by atoms with Crippen LogP contribution in [0.25, 0.3) is 11.0 Å². The van der Waals surface area contributed by atoms with E-state index in [0.29, 0.717) is 17.8 Å². The van der Waals surface area contributed by atoms with Gasteiger partial charge in [0, 0.05) is 23.9 Å². The summed E-state index contributed by atoms with van der Waals surface area (Å²) in [5.41, 5.74) is -0.354. The molecule has 0 aliphatic carbocycles. The highest BCUT2D eigenvalue weighted by Crippen LogP contribution is 2.38. The van der Waals surface area contributed by atoms with Gasteiger partial charge in [-0.25, -0.2) is 4.79 Å². The summed E-state index contributed by atoms with van der Waals surface area (Å²) in [5, 5.41) is 71.8. The number of benzene rings is 1. The van der Waals surface area contributed by atoms with Gasteiger partial charge < -0.3 is 63.8 Å². The third-order valence-corrected chi connectivity index (χ3v) is 7.61. The van der Waals surface area contributed by atoms with E-state index in [2.05, 4.69) is 0 Å². The molecule has 3 aliphatic heterocycles. The Morgan fingerprint density at radius 3 is 2.23 bits per heavy atom. The molecule has 40 heavy (non-hydrogen) atoms. The van der Waals surface area contributed by atoms with E-state index in [4.69, 9.17) is 28.1 Å². The maximum Gasteiger partial charge on any atom is 0.336 e. The van der Waals surface area contributed by atoms with Crippen molar-refractivity contribution in [2.45, 2.75) is 93.4 Å². The van der Waals surface area contributed by atoms with Crippen molar-refractivity contribution in [2.75, 3.05) is 13.2 Å². The van der Waals surface area contributed by atoms with Gasteiger partial charge in [0.05, 0.1) is 13.2 Å². The topological polar surface area (TPSA) is 218 Å². The average molecular weight is 571 g/mol. The van der Waals surface area contributed by atoms with E-state index in [1.807, 2.05) is 6.07 Å². The van der Waals surface area contributed by atoms with Crippen LogP contribution in [0.2, 0.25) is 0 Å². The molecule has 1 aromatic carbocycles. The highest BCUT2D eigenvalue weighted by Gasteiger charge is 2.50. The Labute approximate surface area is 227 Å². The number of ether oxygens (including phenoxy) is 5. The van der Waals surface area contributed by atoms with Crippen molar-refractivity contribution in [3.63, 3.8) is 0 Å². The number of fused-ring (bicyclic) bond motifs is 2. The number of hydrogen-bond acceptors (Lipinski definition) is 14. The SMILES string of the molecule is CC(C)(O[C@@H]1O[C@H](CO[C@@H]2O[C@H](CO)[C@@H](O)[C@H](O)[C@H]2O)[C@@H](O)[C@H](O)[C@H]1O)[C@H]1Cc2cc3ccc(=O)oc3cc2O1. The molecular weight excluding hydrogens is 536 g/mol. The lowest BCUT2D eigenvalue weighted by Crippen LogP contribution is -2.63. The molecular formula is C26H34O14. The fourth-order valence-electron chi connectivity index (χ4n) is 5.12. The van der Waals surface area contributed by atoms with E-state index < -0.39 is 92.0 Å². The number of aliphatic hydroxyl groups is 7. The van der Waals surface area contributed by atoms with Crippen molar-refractivity contribution >= 4 is 11.0 Å². The maximum absolute atomic E-state index is 11.6. The Morgan fingerprint density at radius 1 is 0.875 bits per heavy atom. The molecule has 0 amide bonds. The summed E-state index contributed by atoms with van der Waals surface area (Å²) in [6.45, 7) is 2.28. The normalized spacial score (nSPS) is 38.3. The molecule has 3 aliphatic rings. The number of rotatable bonds is 7. The molecule has 1 aromatic heterocycles. The number of aliphatic hydroxyl groups excluding tert-OH is 7. The van der Waals surface area contributed by atoms with Gasteiger partial charge in [0.2, 0.25) is 0 Å². The minimum absolute atomic E-state index is 0.371. The second-order valence-corrected chi connectivity index (χ2v) is 10.8. The largest absolute Gasteiger partial charge is 0.487 e. The third kappa shape index (κ3) is 5.49. The van der Waals surface area contributed by atoms with Gasteiger partial charge in [-0.2, -0.15) is 0 Å². The molecule has 2 fully saturated rings. The van der Waals surface area contributed by atoms with E-state index in [1.165, 1.54) is 6.07 Å². The van der Waals surface area contributed by atoms with E-state index in [0.717, 1.165) is 10.9 Å². The molecule has 0 saturated carbocycles. The summed E-state index contributed by atoms with van der Waals surface area (Å²) in [6.07, 6.45) is -15.4. The van der Waals surface area contributed by atoms with E-state index in [-0.39, 0.29) is 0 Å². The molecule has 0 radical (unpaired) electrons. The predicted molar refractivity (Wildman–Crippen MR) is 132 cm³/mol. The van der Waals surface area contributed by atoms with Crippen LogP contribution in [0.15, 0.2) is 33.5 Å². The molecule has 5 rings (SSSR count). The van der Waals surface area contributed by atoms with Crippen molar-refractivity contribution < 1.29 is 63.8 Å². The van der Waals surface area contributed by atoms with Gasteiger partial charge in [-0.05, 0) is 31.5 Å². The van der Waals surface area contributed by atoms with Gasteiger partial charge in [-0.3, -0.25) is 0 Å². The van der Waals surface area contributed by atoms with Crippen LogP contribution in [0.1, 0.15) is 19.4 Å². The van der Waals surface area contributed by atoms with Gasteiger partial charge in [0.15, 0.2) is 12.6 Å². The fourth-order valence-corrected chi connectivity index (χ4v) is 5.12. The lowest BCUT2D eigenvalue weighted by molar-refractivity contribution is -0.345. The zero-order chi connectivity index (χ0) is 28.9. The number of hydrogen-bond donors (Lipinski definition) is 7. The highest BCUT2D eigenvalue weighted by molar-refractivity contribution is 5.79. The van der Waals surface area contributed by atoms with Gasteiger partial charge in [0.25, 0.3) is 0 Å². The minimum atomic E-state index is -1.69. The van der Waals surface area contributed by atoms with Gasteiger partial charge in [0.1, 0.15) is 71.9 Å². The molecule has 0 bridgehead atoms. The van der Waals surface area contributed by atoms with Crippen molar-refractivity contribution in [3.8, 4) is 5.75 Å². The molecule has 14 nitrogen and oxygen atoms in total. The van der Waals surface area contributed by atoms with Crippen LogP contribution in [0.5, 0.6) is 5.75 Å². The average Bonchev–Trinajstić information content (AvgIpc) is 3.35. The first kappa shape index (κ1) is 29.3. The van der Waals surface area contributed by atoms with Gasteiger partial charge in [-0.1, -0.05) is 0 Å². The molecule has 4 heterocycles. The predicted octanol–water partition coefficient (Wildman–Crippen LogP) is -2.48. The summed E-state index contributed by atoms with van der Waals surface area (Å²) in [7, 11) is 0. The summed E-state index contributed by atoms with van der Waals surface area (Å²) in [5.74, 6) is 0.509. The van der Waals surface area contributed by atoms with Crippen molar-refractivity contribution in [1.29, 1.82) is 0 Å². The van der Waals surface area contributed by atoms with Crippen LogP contribution in [0.3, 0.4) is 0 Å². The lowest BCUT2D eigenvalue weighted by atomic mass is 9.95. The second kappa shape index (κ2) is 11.2. The quantitative estimate of drug-likeness (QED) is 0.172. The Balaban J connectivity index is 1.25. The monoisotopic (exact) mass is 570 g/mol. The molecule has 222 valence electrons. The fraction of sp³-hybridized carbons (Fsp3) is 0.654. The zero-order valence-electron chi connectivity index (χ0n) is 21.8. The van der Waals surface area contributed by atoms with Crippen LogP contribution >= 0.6 is 0 Å². The van der Waals surface area contributed by atoms with Crippen LogP contribution in [0, 0.1) is 0 Å². The van der Waals surface area contributed by atoms with Crippen LogP contribution in [-0.4, -0.2) is 122 Å². The summed E-state index contributed by atoms with van der Waals surface area (Å²) in [6, 6.07) is 6.46. The minimum Gasteiger partial charge on any atom is -0.487 e. The standard InChI is InChI=1S/C26H34O14/c1-26(2,16-6-11-5-10-3-4-17(28)37-12(10)7-13(11)36-16)40-25-23(34)21(32)19(30)15(39-25)9-35-24-22(33)20(31)18(29)14(8-27)38-24/h3-5,7,14-16,18-25,27,29-34H,6,8-9H2,1-2H3/t14-,15-,16-,18-,19-,20+,21+,22-,23-,24-,25+/m1/s1. The van der Waals surface area contributed by atoms with E-state index in [1.54, 1.807) is 26.0 Å². The smallest absolute Gasteiger partial charge is 0.336 e. The first-order valence-corrected chi connectivity index (χ1v) is 12.9. The van der Waals surface area contributed by atoms with Crippen LogP contribution < -0.4 is 10.4 Å². The molecule has 2 saturated heterocycles. The molecule has 14 heteroatoms.